The van der Waals surface area contributed by atoms with E-state index in [0.29, 0.717) is 6.42 Å². The maximum absolute atomic E-state index is 12.7. The number of amides is 3. The Morgan fingerprint density at radius 2 is 2.00 bits per heavy atom. The van der Waals surface area contributed by atoms with Crippen molar-refractivity contribution in [1.29, 1.82) is 0 Å². The molecule has 1 aromatic carbocycles. The maximum atomic E-state index is 12.7. The molecule has 0 radical (unpaired) electrons. The molecule has 2 rings (SSSR count). The Morgan fingerprint density at radius 3 is 2.59 bits per heavy atom. The van der Waals surface area contributed by atoms with Gasteiger partial charge in [0.15, 0.2) is 0 Å². The Balaban J connectivity index is 2.27. The molecule has 0 bridgehead atoms. The number of benzene rings is 1. The minimum absolute atomic E-state index is 0.0337. The van der Waals surface area contributed by atoms with Gasteiger partial charge in [0, 0.05) is 13.5 Å². The van der Waals surface area contributed by atoms with Crippen molar-refractivity contribution in [2.24, 2.45) is 5.92 Å². The molecule has 118 valence electrons. The summed E-state index contributed by atoms with van der Waals surface area (Å²) in [6.07, 6.45) is 2.95. The van der Waals surface area contributed by atoms with E-state index in [1.165, 1.54) is 4.90 Å². The van der Waals surface area contributed by atoms with Gasteiger partial charge >= 0.3 is 6.03 Å². The molecular formula is C18H24N2O2. The third-order valence-corrected chi connectivity index (χ3v) is 4.36. The number of imide groups is 1. The van der Waals surface area contributed by atoms with Crippen LogP contribution in [0.2, 0.25) is 0 Å². The lowest BCUT2D eigenvalue weighted by molar-refractivity contribution is -0.130. The first-order chi connectivity index (χ1) is 10.5. The molecule has 0 aliphatic carbocycles. The topological polar surface area (TPSA) is 40.6 Å². The smallest absolute Gasteiger partial charge is 0.322 e. The Kier molecular flexibility index (Phi) is 5.01. The number of nitrogens with zero attached hydrogens (tertiary/aromatic N) is 2. The zero-order valence-corrected chi connectivity index (χ0v) is 13.5. The van der Waals surface area contributed by atoms with E-state index in [4.69, 9.17) is 0 Å². The number of hydrogen-bond acceptors (Lipinski definition) is 2. The second-order valence-electron chi connectivity index (χ2n) is 6.09. The molecule has 4 nitrogen and oxygen atoms in total. The molecule has 1 aliphatic heterocycles. The fraction of sp³-hybridized carbons (Fsp3) is 0.444. The van der Waals surface area contributed by atoms with E-state index in [1.54, 1.807) is 11.9 Å². The molecule has 0 aromatic heterocycles. The minimum atomic E-state index is -0.220. The Morgan fingerprint density at radius 1 is 1.36 bits per heavy atom. The first kappa shape index (κ1) is 16.3. The summed E-state index contributed by atoms with van der Waals surface area (Å²) in [5.41, 5.74) is 0.998. The summed E-state index contributed by atoms with van der Waals surface area (Å²) in [4.78, 5) is 28.2. The van der Waals surface area contributed by atoms with Gasteiger partial charge in [-0.2, -0.15) is 0 Å². The Labute approximate surface area is 132 Å². The fourth-order valence-corrected chi connectivity index (χ4v) is 2.99. The van der Waals surface area contributed by atoms with Crippen LogP contribution in [0.25, 0.3) is 0 Å². The van der Waals surface area contributed by atoms with E-state index in [2.05, 4.69) is 6.58 Å². The van der Waals surface area contributed by atoms with E-state index in [9.17, 15) is 9.59 Å². The molecule has 3 atom stereocenters. The van der Waals surface area contributed by atoms with Crippen molar-refractivity contribution in [2.75, 3.05) is 7.05 Å². The van der Waals surface area contributed by atoms with Crippen molar-refractivity contribution >= 4 is 11.9 Å². The number of hydrogen-bond donors (Lipinski definition) is 0. The quantitative estimate of drug-likeness (QED) is 0.779. The lowest BCUT2D eigenvalue weighted by Gasteiger charge is -2.25. The summed E-state index contributed by atoms with van der Waals surface area (Å²) in [5, 5.41) is 0. The van der Waals surface area contributed by atoms with Crippen LogP contribution in [0, 0.1) is 5.92 Å². The highest BCUT2D eigenvalue weighted by atomic mass is 16.2. The number of rotatable bonds is 5. The molecule has 0 saturated carbocycles. The van der Waals surface area contributed by atoms with Gasteiger partial charge in [0.2, 0.25) is 5.91 Å². The van der Waals surface area contributed by atoms with Crippen molar-refractivity contribution in [3.63, 3.8) is 0 Å². The van der Waals surface area contributed by atoms with E-state index in [1.807, 2.05) is 50.3 Å². The van der Waals surface area contributed by atoms with Crippen molar-refractivity contribution in [2.45, 2.75) is 38.8 Å². The third-order valence-electron chi connectivity index (χ3n) is 4.36. The van der Waals surface area contributed by atoms with Gasteiger partial charge in [0.25, 0.3) is 0 Å². The minimum Gasteiger partial charge on any atom is -0.322 e. The summed E-state index contributed by atoms with van der Waals surface area (Å²) in [7, 11) is 1.75. The van der Waals surface area contributed by atoms with Crippen LogP contribution in [0.15, 0.2) is 43.0 Å². The largest absolute Gasteiger partial charge is 0.327 e. The molecule has 3 amide bonds. The van der Waals surface area contributed by atoms with Gasteiger partial charge in [0.1, 0.15) is 0 Å². The van der Waals surface area contributed by atoms with E-state index in [-0.39, 0.29) is 29.9 Å². The zero-order chi connectivity index (χ0) is 16.3. The van der Waals surface area contributed by atoms with Crippen LogP contribution in [0.4, 0.5) is 4.79 Å². The molecule has 4 heteroatoms. The molecule has 0 spiro atoms. The van der Waals surface area contributed by atoms with Crippen molar-refractivity contribution < 1.29 is 9.59 Å². The second kappa shape index (κ2) is 6.77. The molecule has 0 unspecified atom stereocenters. The average molecular weight is 300 g/mol. The highest BCUT2D eigenvalue weighted by Crippen LogP contribution is 2.35. The highest BCUT2D eigenvalue weighted by molar-refractivity contribution is 5.97. The van der Waals surface area contributed by atoms with Gasteiger partial charge in [-0.3, -0.25) is 9.69 Å². The normalized spacial score (nSPS) is 22.8. The standard InChI is InChI=1S/C18H24N2O2/c1-5-9-13(2)12-16(21)20-17(14(3)19(4)18(20)22)15-10-7-6-8-11-15/h5-8,10-11,13-14,17H,1,9,12H2,2-4H3/t13-,14+,17+/m1/s1. The summed E-state index contributed by atoms with van der Waals surface area (Å²) in [6.45, 7) is 7.69. The van der Waals surface area contributed by atoms with E-state index >= 15 is 0 Å². The number of allylic oxidation sites excluding steroid dienone is 1. The molecule has 1 saturated heterocycles. The van der Waals surface area contributed by atoms with Crippen LogP contribution in [-0.2, 0) is 4.79 Å². The second-order valence-corrected chi connectivity index (χ2v) is 6.09. The number of likely N-dealkylation sites (N-methyl/N-ethyl adjacent to an activating group) is 1. The fourth-order valence-electron chi connectivity index (χ4n) is 2.99. The summed E-state index contributed by atoms with van der Waals surface area (Å²) in [6, 6.07) is 9.30. The van der Waals surface area contributed by atoms with Gasteiger partial charge in [-0.1, -0.05) is 43.3 Å². The van der Waals surface area contributed by atoms with Crippen molar-refractivity contribution in [3.05, 3.63) is 48.6 Å². The summed E-state index contributed by atoms with van der Waals surface area (Å²) < 4.78 is 0. The first-order valence-electron chi connectivity index (χ1n) is 7.72. The molecule has 0 N–H and O–H groups in total. The number of carbonyl (C=O) groups excluding carboxylic acids is 2. The molecule has 1 aliphatic rings. The monoisotopic (exact) mass is 300 g/mol. The van der Waals surface area contributed by atoms with E-state index < -0.39 is 0 Å². The van der Waals surface area contributed by atoms with Crippen LogP contribution in [0.1, 0.15) is 38.3 Å². The first-order valence-corrected chi connectivity index (χ1v) is 7.72. The van der Waals surface area contributed by atoms with Crippen LogP contribution < -0.4 is 0 Å². The lowest BCUT2D eigenvalue weighted by atomic mass is 9.98. The summed E-state index contributed by atoms with van der Waals surface area (Å²) >= 11 is 0. The van der Waals surface area contributed by atoms with Crippen LogP contribution in [0.5, 0.6) is 0 Å². The van der Waals surface area contributed by atoms with Crippen LogP contribution in [0.3, 0.4) is 0 Å². The zero-order valence-electron chi connectivity index (χ0n) is 13.5. The van der Waals surface area contributed by atoms with E-state index in [0.717, 1.165) is 12.0 Å². The van der Waals surface area contributed by atoms with Gasteiger partial charge < -0.3 is 4.90 Å². The molecular weight excluding hydrogens is 276 g/mol. The Bertz CT molecular complexity index is 555. The Hall–Kier alpha value is -2.10. The summed E-state index contributed by atoms with van der Waals surface area (Å²) in [5.74, 6) is 0.0832. The third kappa shape index (κ3) is 3.06. The predicted octanol–water partition coefficient (Wildman–Crippen LogP) is 3.61. The number of urea groups is 1. The van der Waals surface area contributed by atoms with Crippen LogP contribution in [-0.4, -0.2) is 34.8 Å². The van der Waals surface area contributed by atoms with Gasteiger partial charge in [-0.15, -0.1) is 6.58 Å². The van der Waals surface area contributed by atoms with Crippen molar-refractivity contribution in [1.82, 2.24) is 9.80 Å². The van der Waals surface area contributed by atoms with Gasteiger partial charge in [-0.05, 0) is 24.8 Å². The SMILES string of the molecule is C=CC[C@@H](C)CC(=O)N1C(=O)N(C)[C@@H](C)[C@H]1c1ccccc1. The van der Waals surface area contributed by atoms with Crippen LogP contribution >= 0.6 is 0 Å². The molecule has 1 fully saturated rings. The lowest BCUT2D eigenvalue weighted by Crippen LogP contribution is -2.37. The highest BCUT2D eigenvalue weighted by Gasteiger charge is 2.45. The molecule has 1 aromatic rings. The maximum Gasteiger partial charge on any atom is 0.327 e. The van der Waals surface area contributed by atoms with Gasteiger partial charge in [-0.25, -0.2) is 4.79 Å². The average Bonchev–Trinajstić information content (AvgIpc) is 2.72. The van der Waals surface area contributed by atoms with Crippen molar-refractivity contribution in [3.8, 4) is 0 Å². The number of carbonyl (C=O) groups is 2. The van der Waals surface area contributed by atoms with Gasteiger partial charge in [0.05, 0.1) is 12.1 Å². The predicted molar refractivity (Wildman–Crippen MR) is 87.2 cm³/mol. The molecule has 1 heterocycles. The molecule has 22 heavy (non-hydrogen) atoms.